The highest BCUT2D eigenvalue weighted by Crippen LogP contribution is 2.16. The Morgan fingerprint density at radius 2 is 1.77 bits per heavy atom. The minimum Gasteiger partial charge on any atom is -0.478 e. The summed E-state index contributed by atoms with van der Waals surface area (Å²) in [5.41, 5.74) is 4.73. The largest absolute Gasteiger partial charge is 0.478 e. The number of hydrogen-bond donors (Lipinski definition) is 2. The second kappa shape index (κ2) is 7.79. The molecule has 0 spiro atoms. The van der Waals surface area contributed by atoms with Crippen LogP contribution in [0.4, 0.5) is 0 Å². The summed E-state index contributed by atoms with van der Waals surface area (Å²) in [5.74, 6) is -1.29. The molecule has 130 valence electrons. The Morgan fingerprint density at radius 3 is 2.46 bits per heavy atom. The van der Waals surface area contributed by atoms with Crippen molar-refractivity contribution in [2.24, 2.45) is 5.10 Å². The minimum atomic E-state index is -0.972. The number of hydrazone groups is 1. The fourth-order valence-corrected chi connectivity index (χ4v) is 2.83. The molecule has 6 nitrogen and oxygen atoms in total. The van der Waals surface area contributed by atoms with Gasteiger partial charge in [0.25, 0.3) is 5.91 Å². The summed E-state index contributed by atoms with van der Waals surface area (Å²) in [6, 6.07) is 17.2. The molecule has 0 saturated heterocycles. The predicted octanol–water partition coefficient (Wildman–Crippen LogP) is 3.70. The van der Waals surface area contributed by atoms with E-state index in [4.69, 9.17) is 5.11 Å². The number of carboxylic acids is 1. The molecule has 2 N–H and O–H groups in total. The van der Waals surface area contributed by atoms with Crippen molar-refractivity contribution in [3.05, 3.63) is 88.2 Å². The van der Waals surface area contributed by atoms with Crippen molar-refractivity contribution in [3.8, 4) is 5.69 Å². The average Bonchev–Trinajstić information content (AvgIpc) is 3.10. The maximum Gasteiger partial charge on any atom is 0.335 e. The highest BCUT2D eigenvalue weighted by atomic mass is 79.9. The monoisotopic (exact) mass is 411 g/mol. The molecule has 0 aliphatic rings. The van der Waals surface area contributed by atoms with Crippen molar-refractivity contribution in [3.63, 3.8) is 0 Å². The van der Waals surface area contributed by atoms with Crippen LogP contribution in [0.1, 0.15) is 26.4 Å². The van der Waals surface area contributed by atoms with Crippen LogP contribution in [0.3, 0.4) is 0 Å². The molecule has 26 heavy (non-hydrogen) atoms. The van der Waals surface area contributed by atoms with Crippen molar-refractivity contribution in [2.75, 3.05) is 0 Å². The maximum atomic E-state index is 12.1. The third kappa shape index (κ3) is 3.89. The summed E-state index contributed by atoms with van der Waals surface area (Å²) in [7, 11) is 0. The molecular weight excluding hydrogens is 398 g/mol. The topological polar surface area (TPSA) is 83.7 Å². The van der Waals surface area contributed by atoms with Gasteiger partial charge in [-0.1, -0.05) is 12.1 Å². The molecule has 0 bridgehead atoms. The van der Waals surface area contributed by atoms with E-state index in [2.05, 4.69) is 26.5 Å². The van der Waals surface area contributed by atoms with E-state index >= 15 is 0 Å². The first-order chi connectivity index (χ1) is 12.6. The van der Waals surface area contributed by atoms with Crippen molar-refractivity contribution < 1.29 is 14.7 Å². The number of benzene rings is 2. The third-order valence-electron chi connectivity index (χ3n) is 3.65. The van der Waals surface area contributed by atoms with Crippen LogP contribution >= 0.6 is 15.9 Å². The molecule has 0 aliphatic carbocycles. The van der Waals surface area contributed by atoms with Crippen LogP contribution in [-0.2, 0) is 0 Å². The first-order valence-electron chi connectivity index (χ1n) is 7.65. The Morgan fingerprint density at radius 1 is 1.04 bits per heavy atom. The molecule has 0 saturated carbocycles. The van der Waals surface area contributed by atoms with Crippen LogP contribution in [0.5, 0.6) is 0 Å². The number of amides is 1. The minimum absolute atomic E-state index is 0.219. The summed E-state index contributed by atoms with van der Waals surface area (Å²) < 4.78 is 2.52. The molecule has 0 fully saturated rings. The zero-order valence-corrected chi connectivity index (χ0v) is 15.1. The van der Waals surface area contributed by atoms with Crippen LogP contribution in [0.25, 0.3) is 5.69 Å². The Bertz CT molecular complexity index is 978. The molecule has 0 radical (unpaired) electrons. The van der Waals surface area contributed by atoms with Gasteiger partial charge in [0, 0.05) is 16.4 Å². The highest BCUT2D eigenvalue weighted by molar-refractivity contribution is 9.10. The fraction of sp³-hybridized carbons (Fsp3) is 0. The zero-order chi connectivity index (χ0) is 18.5. The molecule has 1 amide bonds. The normalized spacial score (nSPS) is 10.8. The number of aromatic carboxylic acids is 1. The standard InChI is InChI=1S/C19H14BrN3O3/c20-17-6-2-1-5-16(17)18(24)22-21-12-15-4-3-11-23(15)14-9-7-13(8-10-14)19(25)26/h1-12H,(H,22,24)(H,25,26)/b21-12-. The second-order valence-electron chi connectivity index (χ2n) is 5.33. The van der Waals surface area contributed by atoms with Crippen molar-refractivity contribution >= 4 is 34.0 Å². The lowest BCUT2D eigenvalue weighted by Gasteiger charge is -2.07. The lowest BCUT2D eigenvalue weighted by Crippen LogP contribution is -2.18. The molecule has 2 aromatic carbocycles. The van der Waals surface area contributed by atoms with Crippen molar-refractivity contribution in [1.82, 2.24) is 9.99 Å². The number of hydrogen-bond acceptors (Lipinski definition) is 3. The number of rotatable bonds is 5. The zero-order valence-electron chi connectivity index (χ0n) is 13.5. The van der Waals surface area contributed by atoms with Crippen LogP contribution in [0, 0.1) is 0 Å². The first-order valence-corrected chi connectivity index (χ1v) is 8.44. The van der Waals surface area contributed by atoms with Crippen LogP contribution in [0.15, 0.2) is 76.4 Å². The number of halogens is 1. The van der Waals surface area contributed by atoms with Crippen molar-refractivity contribution in [2.45, 2.75) is 0 Å². The Hall–Kier alpha value is -3.19. The molecule has 0 atom stereocenters. The number of nitrogens with zero attached hydrogens (tertiary/aromatic N) is 2. The summed E-state index contributed by atoms with van der Waals surface area (Å²) in [5, 5.41) is 13.0. The maximum absolute atomic E-state index is 12.1. The van der Waals surface area contributed by atoms with E-state index in [0.29, 0.717) is 10.0 Å². The van der Waals surface area contributed by atoms with E-state index in [1.54, 1.807) is 30.3 Å². The number of carbonyl (C=O) groups excluding carboxylic acids is 1. The second-order valence-corrected chi connectivity index (χ2v) is 6.19. The lowest BCUT2D eigenvalue weighted by atomic mass is 10.2. The van der Waals surface area contributed by atoms with E-state index in [0.717, 1.165) is 11.4 Å². The lowest BCUT2D eigenvalue weighted by molar-refractivity contribution is 0.0696. The summed E-state index contributed by atoms with van der Waals surface area (Å²) in [6.45, 7) is 0. The van der Waals surface area contributed by atoms with Gasteiger partial charge in [-0.3, -0.25) is 4.79 Å². The molecule has 0 aliphatic heterocycles. The molecule has 1 aromatic heterocycles. The van der Waals surface area contributed by atoms with Gasteiger partial charge >= 0.3 is 5.97 Å². The summed E-state index contributed by atoms with van der Waals surface area (Å²) in [6.07, 6.45) is 3.35. The number of carbonyl (C=O) groups is 2. The molecule has 3 rings (SSSR count). The molecule has 1 heterocycles. The van der Waals surface area contributed by atoms with Gasteiger partial charge in [0.15, 0.2) is 0 Å². The molecule has 7 heteroatoms. The fourth-order valence-electron chi connectivity index (χ4n) is 2.36. The van der Waals surface area contributed by atoms with Gasteiger partial charge in [0.1, 0.15) is 0 Å². The predicted molar refractivity (Wildman–Crippen MR) is 102 cm³/mol. The van der Waals surface area contributed by atoms with Gasteiger partial charge < -0.3 is 9.67 Å². The smallest absolute Gasteiger partial charge is 0.335 e. The van der Waals surface area contributed by atoms with Crippen LogP contribution < -0.4 is 5.43 Å². The third-order valence-corrected chi connectivity index (χ3v) is 4.35. The molecule has 0 unspecified atom stereocenters. The van der Waals surface area contributed by atoms with Gasteiger partial charge in [-0.25, -0.2) is 10.2 Å². The van der Waals surface area contributed by atoms with Gasteiger partial charge in [0.05, 0.1) is 23.0 Å². The SMILES string of the molecule is O=C(O)c1ccc(-n2cccc2/C=N\NC(=O)c2ccccc2Br)cc1. The molecule has 3 aromatic rings. The Labute approximate surface area is 157 Å². The molecular formula is C19H14BrN3O3. The van der Waals surface area contributed by atoms with E-state index in [-0.39, 0.29) is 11.5 Å². The average molecular weight is 412 g/mol. The van der Waals surface area contributed by atoms with Crippen LogP contribution in [0.2, 0.25) is 0 Å². The number of nitrogens with one attached hydrogen (secondary N) is 1. The van der Waals surface area contributed by atoms with Crippen LogP contribution in [-0.4, -0.2) is 27.8 Å². The van der Waals surface area contributed by atoms with E-state index in [9.17, 15) is 9.59 Å². The van der Waals surface area contributed by atoms with Crippen molar-refractivity contribution in [1.29, 1.82) is 0 Å². The Balaban J connectivity index is 1.74. The summed E-state index contributed by atoms with van der Waals surface area (Å²) in [4.78, 5) is 23.1. The van der Waals surface area contributed by atoms with Gasteiger partial charge in [-0.05, 0) is 64.5 Å². The highest BCUT2D eigenvalue weighted by Gasteiger charge is 2.08. The van der Waals surface area contributed by atoms with Gasteiger partial charge in [-0.15, -0.1) is 0 Å². The Kier molecular flexibility index (Phi) is 5.28. The number of aromatic nitrogens is 1. The van der Waals surface area contributed by atoms with E-state index in [1.165, 1.54) is 18.3 Å². The first kappa shape index (κ1) is 17.6. The van der Waals surface area contributed by atoms with E-state index in [1.807, 2.05) is 29.0 Å². The van der Waals surface area contributed by atoms with E-state index < -0.39 is 5.97 Å². The van der Waals surface area contributed by atoms with Gasteiger partial charge in [0.2, 0.25) is 0 Å². The summed E-state index contributed by atoms with van der Waals surface area (Å²) >= 11 is 3.33. The number of carboxylic acid groups (broad SMARTS) is 1. The quantitative estimate of drug-likeness (QED) is 0.495. The van der Waals surface area contributed by atoms with Gasteiger partial charge in [-0.2, -0.15) is 5.10 Å².